The number of benzene rings is 3. The first kappa shape index (κ1) is 38.7. The summed E-state index contributed by atoms with van der Waals surface area (Å²) in [5.41, 5.74) is 0.0838. The summed E-state index contributed by atoms with van der Waals surface area (Å²) in [5, 5.41) is -6.65. The van der Waals surface area contributed by atoms with Crippen molar-refractivity contribution < 1.29 is 57.0 Å². The molecule has 0 saturated heterocycles. The Morgan fingerprint density at radius 3 is 1.58 bits per heavy atom. The van der Waals surface area contributed by atoms with Crippen LogP contribution < -0.4 is 14.5 Å². The molecule has 3 aromatic carbocycles. The van der Waals surface area contributed by atoms with Crippen LogP contribution in [-0.2, 0) is 18.5 Å². The highest BCUT2D eigenvalue weighted by molar-refractivity contribution is 8.33. The molecule has 0 atom stereocenters. The maximum absolute atomic E-state index is 15.3. The second-order valence-corrected chi connectivity index (χ2v) is 16.3. The summed E-state index contributed by atoms with van der Waals surface area (Å²) in [6.45, 7) is 1.37. The molecule has 0 bridgehead atoms. The molecule has 0 aliphatic carbocycles. The number of hydrogen-bond donors (Lipinski definition) is 0. The molecule has 266 valence electrons. The summed E-state index contributed by atoms with van der Waals surface area (Å²) < 4.78 is 143. The molecule has 0 heterocycles. The van der Waals surface area contributed by atoms with Gasteiger partial charge in [0.15, 0.2) is 6.67 Å². The van der Waals surface area contributed by atoms with Gasteiger partial charge in [-0.25, -0.2) is 12.8 Å². The van der Waals surface area contributed by atoms with E-state index in [-0.39, 0.29) is 20.4 Å². The van der Waals surface area contributed by atoms with Crippen LogP contribution in [-0.4, -0.2) is 72.1 Å². The van der Waals surface area contributed by atoms with E-state index in [9.17, 15) is 35.2 Å². The normalized spacial score (nSPS) is 13.5. The zero-order valence-electron chi connectivity index (χ0n) is 26.9. The van der Waals surface area contributed by atoms with Crippen LogP contribution in [0.2, 0.25) is 0 Å². The van der Waals surface area contributed by atoms with Crippen molar-refractivity contribution in [1.29, 1.82) is 0 Å². The van der Waals surface area contributed by atoms with E-state index < -0.39 is 56.0 Å². The molecule has 0 amide bonds. The number of nitrogens with zero attached hydrogens (tertiary/aromatic N) is 2. The first-order valence-corrected chi connectivity index (χ1v) is 16.9. The molecule has 3 rings (SSSR count). The Balaban J connectivity index is 2.43. The smallest absolute Gasteiger partial charge is 0.428 e. The third-order valence-corrected chi connectivity index (χ3v) is 11.8. The fourth-order valence-corrected chi connectivity index (χ4v) is 9.34. The number of carbonyl (C=O) groups excluding carboxylic acids is 1. The van der Waals surface area contributed by atoms with Gasteiger partial charge in [0.2, 0.25) is 0 Å². The average molecular weight is 729 g/mol. The number of hydrogen-bond acceptors (Lipinski definition) is 8. The summed E-state index contributed by atoms with van der Waals surface area (Å²) in [7, 11) is -4.57. The standard InChI is InChI=1S/C31H35F7N2O6S2/c1-28(2,3)45-27(41)44-23-9-8-10-26(19-23)47(24-15-11-21(12-16-24)39(4)5,25-17-13-22(14-18-25)40(6)7)46-48(42,43)31(37,38)30(35,36)29(33,34)20-32/h8-19H,20H2,1-7H3. The van der Waals surface area contributed by atoms with E-state index in [0.717, 1.165) is 6.07 Å². The zero-order chi connectivity index (χ0) is 36.5. The van der Waals surface area contributed by atoms with Gasteiger partial charge < -0.3 is 19.3 Å². The van der Waals surface area contributed by atoms with Gasteiger partial charge in [-0.1, -0.05) is 6.07 Å². The first-order chi connectivity index (χ1) is 21.9. The predicted octanol–water partition coefficient (Wildman–Crippen LogP) is 8.51. The van der Waals surface area contributed by atoms with Crippen LogP contribution >= 0.6 is 10.3 Å². The minimum Gasteiger partial charge on any atom is -0.428 e. The number of halogens is 7. The van der Waals surface area contributed by atoms with E-state index in [1.165, 1.54) is 66.7 Å². The lowest BCUT2D eigenvalue weighted by atomic mass is 10.2. The number of anilines is 2. The summed E-state index contributed by atoms with van der Waals surface area (Å²) in [6, 6.07) is 15.7. The zero-order valence-corrected chi connectivity index (χ0v) is 28.6. The maximum Gasteiger partial charge on any atom is 0.514 e. The largest absolute Gasteiger partial charge is 0.514 e. The second-order valence-electron chi connectivity index (χ2n) is 11.8. The minimum absolute atomic E-state index is 0.167. The lowest BCUT2D eigenvalue weighted by molar-refractivity contribution is -0.284. The summed E-state index contributed by atoms with van der Waals surface area (Å²) in [5.74, 6) is -13.1. The first-order valence-electron chi connectivity index (χ1n) is 14.0. The predicted molar refractivity (Wildman–Crippen MR) is 168 cm³/mol. The molecule has 0 aliphatic heterocycles. The van der Waals surface area contributed by atoms with Crippen molar-refractivity contribution in [2.75, 3.05) is 44.7 Å². The van der Waals surface area contributed by atoms with Crippen LogP contribution in [0.15, 0.2) is 87.5 Å². The Labute approximate surface area is 276 Å². The Bertz CT molecular complexity index is 1650. The molecule has 0 radical (unpaired) electrons. The van der Waals surface area contributed by atoms with Crippen LogP contribution in [0.5, 0.6) is 5.75 Å². The molecule has 0 aliphatic rings. The molecule has 0 aromatic heterocycles. The second kappa shape index (κ2) is 13.7. The Kier molecular flexibility index (Phi) is 11.0. The molecule has 0 saturated carbocycles. The van der Waals surface area contributed by atoms with Crippen molar-refractivity contribution >= 4 is 38.0 Å². The fourth-order valence-electron chi connectivity index (χ4n) is 4.11. The molecule has 48 heavy (non-hydrogen) atoms. The van der Waals surface area contributed by atoms with Crippen molar-refractivity contribution in [3.8, 4) is 5.75 Å². The van der Waals surface area contributed by atoms with Crippen LogP contribution in [0.4, 0.5) is 46.9 Å². The molecular formula is C31H35F7N2O6S2. The van der Waals surface area contributed by atoms with Crippen molar-refractivity contribution in [3.05, 3.63) is 72.8 Å². The van der Waals surface area contributed by atoms with Crippen LogP contribution in [0.3, 0.4) is 0 Å². The molecule has 8 nitrogen and oxygen atoms in total. The van der Waals surface area contributed by atoms with Gasteiger partial charge in [-0.3, -0.25) is 0 Å². The van der Waals surface area contributed by atoms with Crippen LogP contribution in [0.1, 0.15) is 20.8 Å². The summed E-state index contributed by atoms with van der Waals surface area (Å²) in [6.07, 6.45) is -1.20. The molecule has 0 spiro atoms. The van der Waals surface area contributed by atoms with Crippen molar-refractivity contribution in [2.45, 2.75) is 58.2 Å². The SMILES string of the molecule is CN(C)c1ccc(S(OS(=O)(=O)C(F)(F)C(F)(F)C(F)(F)CF)(c2ccc(N(C)C)cc2)c2cccc(OC(=O)OC(C)(C)C)c2)cc1. The van der Waals surface area contributed by atoms with Gasteiger partial charge >= 0.3 is 33.4 Å². The summed E-state index contributed by atoms with van der Waals surface area (Å²) in [4.78, 5) is 15.1. The van der Waals surface area contributed by atoms with Crippen LogP contribution in [0.25, 0.3) is 0 Å². The topological polar surface area (TPSA) is 85.4 Å². The maximum atomic E-state index is 15.3. The van der Waals surface area contributed by atoms with Gasteiger partial charge in [0.05, 0.1) is 0 Å². The number of rotatable bonds is 12. The van der Waals surface area contributed by atoms with E-state index in [4.69, 9.17) is 13.1 Å². The van der Waals surface area contributed by atoms with E-state index in [1.807, 2.05) is 0 Å². The van der Waals surface area contributed by atoms with E-state index in [0.29, 0.717) is 11.4 Å². The van der Waals surface area contributed by atoms with Gasteiger partial charge in [0, 0.05) is 54.3 Å². The average Bonchev–Trinajstić information content (AvgIpc) is 2.98. The van der Waals surface area contributed by atoms with Gasteiger partial charge in [-0.15, -0.1) is 0 Å². The third-order valence-electron chi connectivity index (χ3n) is 6.60. The van der Waals surface area contributed by atoms with E-state index in [2.05, 4.69) is 0 Å². The highest BCUT2D eigenvalue weighted by atomic mass is 32.3. The molecule has 3 aromatic rings. The van der Waals surface area contributed by atoms with Crippen LogP contribution in [0, 0.1) is 0 Å². The Hall–Kier alpha value is -3.70. The third kappa shape index (κ3) is 7.62. The van der Waals surface area contributed by atoms with Crippen molar-refractivity contribution in [1.82, 2.24) is 0 Å². The number of ether oxygens (including phenoxy) is 2. The highest BCUT2D eigenvalue weighted by Gasteiger charge is 2.78. The van der Waals surface area contributed by atoms with Gasteiger partial charge in [0.25, 0.3) is 0 Å². The van der Waals surface area contributed by atoms with Gasteiger partial charge in [-0.2, -0.15) is 34.8 Å². The Morgan fingerprint density at radius 1 is 0.729 bits per heavy atom. The molecule has 0 unspecified atom stereocenters. The Morgan fingerprint density at radius 2 is 1.19 bits per heavy atom. The molecule has 0 N–H and O–H groups in total. The van der Waals surface area contributed by atoms with Gasteiger partial charge in [-0.05, 0) is 97.8 Å². The quantitative estimate of drug-likeness (QED) is 0.104. The van der Waals surface area contributed by atoms with Crippen molar-refractivity contribution in [3.63, 3.8) is 0 Å². The molecular weight excluding hydrogens is 693 g/mol. The van der Waals surface area contributed by atoms with Gasteiger partial charge in [0.1, 0.15) is 11.4 Å². The lowest BCUT2D eigenvalue weighted by Gasteiger charge is -2.41. The van der Waals surface area contributed by atoms with E-state index >= 15 is 8.78 Å². The molecule has 0 fully saturated rings. The summed E-state index contributed by atoms with van der Waals surface area (Å²) >= 11 is 0. The minimum atomic E-state index is -7.07. The number of carbonyl (C=O) groups is 1. The fraction of sp³-hybridized carbons (Fsp3) is 0.387. The highest BCUT2D eigenvalue weighted by Crippen LogP contribution is 2.71. The molecule has 17 heteroatoms. The van der Waals surface area contributed by atoms with E-state index in [1.54, 1.807) is 58.8 Å². The monoisotopic (exact) mass is 728 g/mol. The lowest BCUT2D eigenvalue weighted by Crippen LogP contribution is -2.59. The number of alkyl halides is 7. The van der Waals surface area contributed by atoms with Crippen molar-refractivity contribution in [2.24, 2.45) is 0 Å².